The van der Waals surface area contributed by atoms with Crippen LogP contribution in [0.4, 0.5) is 5.69 Å². The largest absolute Gasteiger partial charge is 0.450 e. The molecule has 0 spiro atoms. The van der Waals surface area contributed by atoms with E-state index in [1.165, 1.54) is 17.8 Å². The average Bonchev–Trinajstić information content (AvgIpc) is 2.80. The topological polar surface area (TPSA) is 79.5 Å². The monoisotopic (exact) mass is 377 g/mol. The predicted molar refractivity (Wildman–Crippen MR) is 81.4 cm³/mol. The summed E-state index contributed by atoms with van der Waals surface area (Å²) in [5, 5.41) is 8.97. The SMILES string of the molecule is CSc1cccc(NS(=O)(=O)c2cc(CO)oc2Br)c1. The summed E-state index contributed by atoms with van der Waals surface area (Å²) in [7, 11) is -3.77. The van der Waals surface area contributed by atoms with Gasteiger partial charge in [0, 0.05) is 16.6 Å². The Morgan fingerprint density at radius 2 is 2.15 bits per heavy atom. The Bertz CT molecular complexity index is 712. The number of aliphatic hydroxyl groups excluding tert-OH is 1. The number of thioether (sulfide) groups is 1. The Balaban J connectivity index is 2.32. The Morgan fingerprint density at radius 3 is 2.75 bits per heavy atom. The van der Waals surface area contributed by atoms with Crippen molar-refractivity contribution in [3.8, 4) is 0 Å². The minimum absolute atomic E-state index is 0.0453. The lowest BCUT2D eigenvalue weighted by Gasteiger charge is -2.07. The van der Waals surface area contributed by atoms with Crippen LogP contribution >= 0.6 is 27.7 Å². The average molecular weight is 378 g/mol. The van der Waals surface area contributed by atoms with Crippen molar-refractivity contribution in [3.05, 3.63) is 40.8 Å². The van der Waals surface area contributed by atoms with E-state index in [-0.39, 0.29) is 21.9 Å². The van der Waals surface area contributed by atoms with Crippen LogP contribution in [0, 0.1) is 0 Å². The highest BCUT2D eigenvalue weighted by Crippen LogP contribution is 2.28. The van der Waals surface area contributed by atoms with Crippen LogP contribution in [0.15, 0.2) is 49.2 Å². The molecule has 0 amide bonds. The fourth-order valence-electron chi connectivity index (χ4n) is 1.56. The molecule has 8 heteroatoms. The molecule has 0 radical (unpaired) electrons. The molecule has 108 valence electrons. The lowest BCUT2D eigenvalue weighted by molar-refractivity contribution is 0.245. The Hall–Kier alpha value is -0.960. The van der Waals surface area contributed by atoms with Gasteiger partial charge in [0.2, 0.25) is 0 Å². The lowest BCUT2D eigenvalue weighted by Crippen LogP contribution is -2.12. The molecule has 1 aromatic carbocycles. The third kappa shape index (κ3) is 3.38. The number of rotatable bonds is 5. The van der Waals surface area contributed by atoms with Crippen molar-refractivity contribution in [2.24, 2.45) is 0 Å². The Kier molecular flexibility index (Phi) is 4.79. The molecular formula is C12H12BrNO4S2. The van der Waals surface area contributed by atoms with E-state index in [9.17, 15) is 8.42 Å². The second-order valence-electron chi connectivity index (χ2n) is 3.85. The van der Waals surface area contributed by atoms with Gasteiger partial charge < -0.3 is 9.52 Å². The third-order valence-corrected chi connectivity index (χ3v) is 5.44. The maximum absolute atomic E-state index is 12.3. The van der Waals surface area contributed by atoms with Crippen molar-refractivity contribution in [2.75, 3.05) is 11.0 Å². The van der Waals surface area contributed by atoms with Crippen LogP contribution in [0.2, 0.25) is 0 Å². The smallest absolute Gasteiger partial charge is 0.266 e. The van der Waals surface area contributed by atoms with Crippen LogP contribution in [0.25, 0.3) is 0 Å². The molecule has 2 aromatic rings. The second-order valence-corrected chi connectivity index (χ2v) is 7.10. The third-order valence-electron chi connectivity index (χ3n) is 2.47. The van der Waals surface area contributed by atoms with Crippen molar-refractivity contribution in [3.63, 3.8) is 0 Å². The molecule has 0 aliphatic rings. The van der Waals surface area contributed by atoms with Crippen LogP contribution in [-0.2, 0) is 16.6 Å². The first-order valence-corrected chi connectivity index (χ1v) is 9.02. The minimum atomic E-state index is -3.77. The minimum Gasteiger partial charge on any atom is -0.450 e. The van der Waals surface area contributed by atoms with Crippen molar-refractivity contribution in [1.29, 1.82) is 0 Å². The Morgan fingerprint density at radius 1 is 1.40 bits per heavy atom. The second kappa shape index (κ2) is 6.21. The molecule has 20 heavy (non-hydrogen) atoms. The number of benzene rings is 1. The molecule has 0 fully saturated rings. The number of aliphatic hydroxyl groups is 1. The summed E-state index contributed by atoms with van der Waals surface area (Å²) >= 11 is 4.55. The van der Waals surface area contributed by atoms with Gasteiger partial charge in [-0.1, -0.05) is 6.07 Å². The lowest BCUT2D eigenvalue weighted by atomic mass is 10.3. The fourth-order valence-corrected chi connectivity index (χ4v) is 4.06. The number of sulfonamides is 1. The summed E-state index contributed by atoms with van der Waals surface area (Å²) in [4.78, 5) is 0.906. The first-order chi connectivity index (χ1) is 9.46. The summed E-state index contributed by atoms with van der Waals surface area (Å²) in [6.07, 6.45) is 1.91. The van der Waals surface area contributed by atoms with E-state index in [2.05, 4.69) is 20.7 Å². The Labute approximate surface area is 129 Å². The maximum atomic E-state index is 12.3. The number of hydrogen-bond donors (Lipinski definition) is 2. The van der Waals surface area contributed by atoms with Gasteiger partial charge in [0.15, 0.2) is 4.67 Å². The van der Waals surface area contributed by atoms with Gasteiger partial charge in [-0.05, 0) is 40.4 Å². The van der Waals surface area contributed by atoms with E-state index in [1.54, 1.807) is 18.2 Å². The summed E-state index contributed by atoms with van der Waals surface area (Å²) in [6, 6.07) is 8.35. The molecule has 0 saturated carbocycles. The van der Waals surface area contributed by atoms with Gasteiger partial charge in [-0.2, -0.15) is 0 Å². The van der Waals surface area contributed by atoms with E-state index in [1.807, 2.05) is 12.3 Å². The predicted octanol–water partition coefficient (Wildman–Crippen LogP) is 3.06. The van der Waals surface area contributed by atoms with Gasteiger partial charge in [0.05, 0.1) is 0 Å². The maximum Gasteiger partial charge on any atom is 0.266 e. The van der Waals surface area contributed by atoms with Gasteiger partial charge in [0.1, 0.15) is 17.3 Å². The van der Waals surface area contributed by atoms with Crippen LogP contribution < -0.4 is 4.72 Å². The normalized spacial score (nSPS) is 11.6. The molecule has 0 atom stereocenters. The highest BCUT2D eigenvalue weighted by molar-refractivity contribution is 9.10. The molecule has 1 aromatic heterocycles. The number of halogens is 1. The first kappa shape index (κ1) is 15.4. The molecular weight excluding hydrogens is 366 g/mol. The van der Waals surface area contributed by atoms with Gasteiger partial charge in [-0.15, -0.1) is 11.8 Å². The zero-order valence-corrected chi connectivity index (χ0v) is 13.7. The number of hydrogen-bond acceptors (Lipinski definition) is 5. The van der Waals surface area contributed by atoms with Gasteiger partial charge in [-0.3, -0.25) is 4.72 Å². The molecule has 0 aliphatic carbocycles. The van der Waals surface area contributed by atoms with E-state index in [0.717, 1.165) is 4.90 Å². The summed E-state index contributed by atoms with van der Waals surface area (Å²) < 4.78 is 32.1. The molecule has 0 saturated heterocycles. The molecule has 2 N–H and O–H groups in total. The van der Waals surface area contributed by atoms with Crippen LogP contribution in [0.3, 0.4) is 0 Å². The van der Waals surface area contributed by atoms with E-state index in [0.29, 0.717) is 5.69 Å². The van der Waals surface area contributed by atoms with Crippen LogP contribution in [0.5, 0.6) is 0 Å². The van der Waals surface area contributed by atoms with Crippen LogP contribution in [0.1, 0.15) is 5.76 Å². The summed E-state index contributed by atoms with van der Waals surface area (Å²) in [5.41, 5.74) is 0.468. The van der Waals surface area contributed by atoms with E-state index in [4.69, 9.17) is 9.52 Å². The number of anilines is 1. The van der Waals surface area contributed by atoms with Crippen molar-refractivity contribution in [2.45, 2.75) is 16.4 Å². The van der Waals surface area contributed by atoms with E-state index >= 15 is 0 Å². The molecule has 0 unspecified atom stereocenters. The molecule has 1 heterocycles. The molecule has 0 aliphatic heterocycles. The molecule has 5 nitrogen and oxygen atoms in total. The van der Waals surface area contributed by atoms with Gasteiger partial charge >= 0.3 is 0 Å². The van der Waals surface area contributed by atoms with Crippen molar-refractivity contribution >= 4 is 43.4 Å². The first-order valence-electron chi connectivity index (χ1n) is 5.52. The van der Waals surface area contributed by atoms with Crippen molar-refractivity contribution < 1.29 is 17.9 Å². The molecule has 2 rings (SSSR count). The quantitative estimate of drug-likeness (QED) is 0.782. The van der Waals surface area contributed by atoms with E-state index < -0.39 is 10.0 Å². The molecule has 0 bridgehead atoms. The highest BCUT2D eigenvalue weighted by Gasteiger charge is 2.22. The summed E-state index contributed by atoms with van der Waals surface area (Å²) in [5.74, 6) is 0.176. The zero-order valence-electron chi connectivity index (χ0n) is 10.5. The zero-order chi connectivity index (χ0) is 14.8. The number of furan rings is 1. The van der Waals surface area contributed by atoms with Gasteiger partial charge in [0.25, 0.3) is 10.0 Å². The standard InChI is InChI=1S/C12H12BrNO4S2/c1-19-10-4-2-3-8(5-10)14-20(16,17)11-6-9(7-15)18-12(11)13/h2-6,14-15H,7H2,1H3. The number of nitrogens with one attached hydrogen (secondary N) is 1. The highest BCUT2D eigenvalue weighted by atomic mass is 79.9. The van der Waals surface area contributed by atoms with Gasteiger partial charge in [-0.25, -0.2) is 8.42 Å². The van der Waals surface area contributed by atoms with Crippen molar-refractivity contribution in [1.82, 2.24) is 0 Å². The fraction of sp³-hybridized carbons (Fsp3) is 0.167. The van der Waals surface area contributed by atoms with Crippen LogP contribution in [-0.4, -0.2) is 19.8 Å². The summed E-state index contributed by atoms with van der Waals surface area (Å²) in [6.45, 7) is -0.365.